The summed E-state index contributed by atoms with van der Waals surface area (Å²) in [6.07, 6.45) is 2.75. The number of benzene rings is 2. The number of sulfonamides is 1. The monoisotopic (exact) mass is 422 g/mol. The maximum Gasteiger partial charge on any atom is 0.256 e. The summed E-state index contributed by atoms with van der Waals surface area (Å²) < 4.78 is 32.6. The van der Waals surface area contributed by atoms with Crippen molar-refractivity contribution in [1.29, 1.82) is 0 Å². The summed E-state index contributed by atoms with van der Waals surface area (Å²) in [6, 6.07) is 9.54. The number of piperidine rings is 1. The Balaban J connectivity index is 1.91. The number of nitrogens with one attached hydrogen (secondary N) is 1. The predicted molar refractivity (Wildman–Crippen MR) is 110 cm³/mol. The van der Waals surface area contributed by atoms with Gasteiger partial charge >= 0.3 is 0 Å². The first-order chi connectivity index (χ1) is 13.3. The van der Waals surface area contributed by atoms with Gasteiger partial charge in [0.2, 0.25) is 10.0 Å². The normalized spacial score (nSPS) is 15.2. The highest BCUT2D eigenvalue weighted by molar-refractivity contribution is 7.89. The Kier molecular flexibility index (Phi) is 6.27. The van der Waals surface area contributed by atoms with Gasteiger partial charge in [0, 0.05) is 23.7 Å². The van der Waals surface area contributed by atoms with Gasteiger partial charge in [0.25, 0.3) is 5.91 Å². The molecule has 2 aromatic carbocycles. The van der Waals surface area contributed by atoms with Crippen molar-refractivity contribution in [3.05, 3.63) is 52.5 Å². The maximum absolute atomic E-state index is 12.9. The Bertz CT molecular complexity index is 986. The zero-order valence-corrected chi connectivity index (χ0v) is 17.4. The number of anilines is 1. The molecule has 1 N–H and O–H groups in total. The number of amides is 1. The molecule has 0 unspecified atom stereocenters. The molecule has 0 saturated carbocycles. The number of nitrogens with zero attached hydrogens (tertiary/aromatic N) is 1. The minimum Gasteiger partial charge on any atom is -0.495 e. The van der Waals surface area contributed by atoms with Gasteiger partial charge < -0.3 is 10.1 Å². The number of carbonyl (C=O) groups is 1. The minimum absolute atomic E-state index is 0.128. The molecule has 1 heterocycles. The molecule has 6 nitrogen and oxygen atoms in total. The molecule has 3 rings (SSSR count). The van der Waals surface area contributed by atoms with E-state index in [1.165, 1.54) is 17.5 Å². The largest absolute Gasteiger partial charge is 0.495 e. The summed E-state index contributed by atoms with van der Waals surface area (Å²) in [4.78, 5) is 13.0. The van der Waals surface area contributed by atoms with Gasteiger partial charge in [-0.25, -0.2) is 8.42 Å². The Hall–Kier alpha value is -2.09. The van der Waals surface area contributed by atoms with Gasteiger partial charge in [0.05, 0.1) is 17.7 Å². The molecule has 0 bridgehead atoms. The number of rotatable bonds is 5. The first kappa shape index (κ1) is 20.6. The SMILES string of the molecule is COc1ccc(Cl)cc1NC(=O)c1cc(S(=O)(=O)N2CCCCC2)ccc1C. The average Bonchev–Trinajstić information content (AvgIpc) is 2.69. The predicted octanol–water partition coefficient (Wildman–Crippen LogP) is 4.08. The second-order valence-corrected chi connectivity index (χ2v) is 9.11. The highest BCUT2D eigenvalue weighted by atomic mass is 35.5. The van der Waals surface area contributed by atoms with Crippen molar-refractivity contribution >= 4 is 33.2 Å². The molecular formula is C20H23ClN2O4S. The third-order valence-corrected chi connectivity index (χ3v) is 6.95. The van der Waals surface area contributed by atoms with Gasteiger partial charge in [-0.05, 0) is 55.7 Å². The summed E-state index contributed by atoms with van der Waals surface area (Å²) in [6.45, 7) is 2.79. The molecule has 150 valence electrons. The third-order valence-electron chi connectivity index (χ3n) is 4.82. The quantitative estimate of drug-likeness (QED) is 0.787. The molecule has 0 aliphatic carbocycles. The Labute approximate surface area is 170 Å². The van der Waals surface area contributed by atoms with Crippen LogP contribution in [0.3, 0.4) is 0 Å². The first-order valence-corrected chi connectivity index (χ1v) is 10.9. The topological polar surface area (TPSA) is 75.7 Å². The van der Waals surface area contributed by atoms with Gasteiger partial charge in [-0.2, -0.15) is 4.31 Å². The first-order valence-electron chi connectivity index (χ1n) is 9.08. The number of halogens is 1. The maximum atomic E-state index is 12.9. The molecule has 1 fully saturated rings. The molecule has 1 saturated heterocycles. The van der Waals surface area contributed by atoms with E-state index in [0.717, 1.165) is 19.3 Å². The van der Waals surface area contributed by atoms with Gasteiger partial charge in [-0.3, -0.25) is 4.79 Å². The van der Waals surface area contributed by atoms with E-state index in [9.17, 15) is 13.2 Å². The lowest BCUT2D eigenvalue weighted by atomic mass is 10.1. The molecular weight excluding hydrogens is 400 g/mol. The molecule has 0 atom stereocenters. The summed E-state index contributed by atoms with van der Waals surface area (Å²) >= 11 is 6.01. The van der Waals surface area contributed by atoms with Crippen molar-refractivity contribution in [3.63, 3.8) is 0 Å². The van der Waals surface area contributed by atoms with Crippen LogP contribution in [0.25, 0.3) is 0 Å². The Morgan fingerprint density at radius 1 is 1.11 bits per heavy atom. The number of hydrogen-bond donors (Lipinski definition) is 1. The van der Waals surface area contributed by atoms with Gasteiger partial charge in [0.1, 0.15) is 5.75 Å². The van der Waals surface area contributed by atoms with E-state index in [1.54, 1.807) is 37.3 Å². The molecule has 8 heteroatoms. The van der Waals surface area contributed by atoms with Crippen molar-refractivity contribution in [1.82, 2.24) is 4.31 Å². The van der Waals surface area contributed by atoms with Crippen LogP contribution in [0, 0.1) is 6.92 Å². The van der Waals surface area contributed by atoms with E-state index in [4.69, 9.17) is 16.3 Å². The van der Waals surface area contributed by atoms with E-state index in [1.807, 2.05) is 0 Å². The summed E-state index contributed by atoms with van der Waals surface area (Å²) in [5.41, 5.74) is 1.39. The lowest BCUT2D eigenvalue weighted by molar-refractivity contribution is 0.102. The van der Waals surface area contributed by atoms with Crippen molar-refractivity contribution in [2.24, 2.45) is 0 Å². The number of aryl methyl sites for hydroxylation is 1. The van der Waals surface area contributed by atoms with Crippen molar-refractivity contribution in [2.45, 2.75) is 31.1 Å². The van der Waals surface area contributed by atoms with Crippen molar-refractivity contribution in [2.75, 3.05) is 25.5 Å². The number of carbonyl (C=O) groups excluding carboxylic acids is 1. The van der Waals surface area contributed by atoms with Crippen LogP contribution in [-0.4, -0.2) is 38.8 Å². The zero-order chi connectivity index (χ0) is 20.3. The van der Waals surface area contributed by atoms with Crippen LogP contribution in [0.15, 0.2) is 41.3 Å². The minimum atomic E-state index is -3.62. The van der Waals surface area contributed by atoms with Crippen LogP contribution < -0.4 is 10.1 Å². The Morgan fingerprint density at radius 3 is 2.50 bits per heavy atom. The van der Waals surface area contributed by atoms with E-state index in [2.05, 4.69) is 5.32 Å². The molecule has 1 aliphatic rings. The fourth-order valence-electron chi connectivity index (χ4n) is 3.23. The van der Waals surface area contributed by atoms with Gasteiger partial charge in [-0.1, -0.05) is 24.1 Å². The molecule has 0 spiro atoms. The average molecular weight is 423 g/mol. The van der Waals surface area contributed by atoms with Crippen LogP contribution >= 0.6 is 11.6 Å². The Morgan fingerprint density at radius 2 is 1.82 bits per heavy atom. The van der Waals surface area contributed by atoms with Crippen molar-refractivity contribution in [3.8, 4) is 5.75 Å². The third kappa shape index (κ3) is 4.32. The zero-order valence-electron chi connectivity index (χ0n) is 15.9. The molecule has 1 amide bonds. The summed E-state index contributed by atoms with van der Waals surface area (Å²) in [7, 11) is -2.12. The standard InChI is InChI=1S/C20H23ClN2O4S/c1-14-6-8-16(28(25,26)23-10-4-3-5-11-23)13-17(14)20(24)22-18-12-15(21)7-9-19(18)27-2/h6-9,12-13H,3-5,10-11H2,1-2H3,(H,22,24). The van der Waals surface area contributed by atoms with Crippen LogP contribution in [0.4, 0.5) is 5.69 Å². The molecule has 1 aliphatic heterocycles. The van der Waals surface area contributed by atoms with Gasteiger partial charge in [-0.15, -0.1) is 0 Å². The molecule has 28 heavy (non-hydrogen) atoms. The highest BCUT2D eigenvalue weighted by Gasteiger charge is 2.27. The number of ether oxygens (including phenoxy) is 1. The van der Waals surface area contributed by atoms with E-state index in [-0.39, 0.29) is 4.90 Å². The fourth-order valence-corrected chi connectivity index (χ4v) is 4.94. The van der Waals surface area contributed by atoms with Gasteiger partial charge in [0.15, 0.2) is 0 Å². The second-order valence-electron chi connectivity index (χ2n) is 6.74. The van der Waals surface area contributed by atoms with E-state index < -0.39 is 15.9 Å². The lowest BCUT2D eigenvalue weighted by Gasteiger charge is -2.26. The summed E-state index contributed by atoms with van der Waals surface area (Å²) in [5, 5.41) is 3.21. The van der Waals surface area contributed by atoms with Crippen molar-refractivity contribution < 1.29 is 17.9 Å². The smallest absolute Gasteiger partial charge is 0.256 e. The van der Waals surface area contributed by atoms with E-state index in [0.29, 0.717) is 40.7 Å². The number of methoxy groups -OCH3 is 1. The molecule has 2 aromatic rings. The van der Waals surface area contributed by atoms with Crippen LogP contribution in [0.2, 0.25) is 5.02 Å². The lowest BCUT2D eigenvalue weighted by Crippen LogP contribution is -2.35. The highest BCUT2D eigenvalue weighted by Crippen LogP contribution is 2.29. The molecule has 0 radical (unpaired) electrons. The van der Waals surface area contributed by atoms with E-state index >= 15 is 0 Å². The second kappa shape index (κ2) is 8.51. The fraction of sp³-hybridized carbons (Fsp3) is 0.350. The summed E-state index contributed by atoms with van der Waals surface area (Å²) in [5.74, 6) is 0.0428. The van der Waals surface area contributed by atoms with Crippen LogP contribution in [0.5, 0.6) is 5.75 Å². The van der Waals surface area contributed by atoms with Crippen LogP contribution in [-0.2, 0) is 10.0 Å². The number of hydrogen-bond acceptors (Lipinski definition) is 4. The van der Waals surface area contributed by atoms with Crippen LogP contribution in [0.1, 0.15) is 35.2 Å². The molecule has 0 aromatic heterocycles.